The van der Waals surface area contributed by atoms with Gasteiger partial charge in [-0.1, -0.05) is 0 Å². The minimum Gasteiger partial charge on any atom is -0.486 e. The molecule has 1 aliphatic rings. The van der Waals surface area contributed by atoms with Crippen LogP contribution in [0.4, 0.5) is 0 Å². The van der Waals surface area contributed by atoms with Gasteiger partial charge in [0.25, 0.3) is 0 Å². The van der Waals surface area contributed by atoms with Gasteiger partial charge in [-0.05, 0) is 34.1 Å². The first-order chi connectivity index (χ1) is 9.20. The molecule has 1 aromatic heterocycles. The lowest BCUT2D eigenvalue weighted by atomic mass is 10.2. The molecule has 1 aromatic carbocycles. The zero-order valence-electron chi connectivity index (χ0n) is 10.5. The van der Waals surface area contributed by atoms with Crippen molar-refractivity contribution in [2.24, 2.45) is 12.8 Å². The minimum absolute atomic E-state index is 0.402. The predicted molar refractivity (Wildman–Crippen MR) is 75.2 cm³/mol. The minimum atomic E-state index is 0.402. The normalized spacial score (nSPS) is 13.6. The first kappa shape index (κ1) is 12.5. The third-order valence-electron chi connectivity index (χ3n) is 3.08. The van der Waals surface area contributed by atoms with Crippen LogP contribution in [0.1, 0.15) is 5.69 Å². The number of benzene rings is 1. The largest absolute Gasteiger partial charge is 0.486 e. The Bertz CT molecular complexity index is 625. The third kappa shape index (κ3) is 2.11. The average molecular weight is 324 g/mol. The molecule has 3 rings (SSSR count). The Kier molecular flexibility index (Phi) is 3.20. The number of hydrogen-bond acceptors (Lipinski definition) is 4. The summed E-state index contributed by atoms with van der Waals surface area (Å²) in [6.07, 6.45) is 0. The quantitative estimate of drug-likeness (QED) is 0.919. The molecule has 2 N–H and O–H groups in total. The number of halogens is 1. The van der Waals surface area contributed by atoms with Gasteiger partial charge >= 0.3 is 0 Å². The van der Waals surface area contributed by atoms with Crippen LogP contribution in [0, 0.1) is 0 Å². The van der Waals surface area contributed by atoms with Crippen molar-refractivity contribution in [1.82, 2.24) is 9.55 Å². The van der Waals surface area contributed by atoms with Crippen LogP contribution in [-0.2, 0) is 13.6 Å². The second-order valence-corrected chi connectivity index (χ2v) is 5.05. The second kappa shape index (κ2) is 4.86. The molecule has 0 atom stereocenters. The van der Waals surface area contributed by atoms with E-state index in [0.717, 1.165) is 33.2 Å². The summed E-state index contributed by atoms with van der Waals surface area (Å²) in [5.74, 6) is 2.39. The van der Waals surface area contributed by atoms with Gasteiger partial charge in [0.2, 0.25) is 0 Å². The number of rotatable bonds is 2. The van der Waals surface area contributed by atoms with Crippen molar-refractivity contribution in [2.45, 2.75) is 6.54 Å². The molecule has 5 nitrogen and oxygen atoms in total. The number of hydrogen-bond donors (Lipinski definition) is 1. The highest BCUT2D eigenvalue weighted by Crippen LogP contribution is 2.35. The van der Waals surface area contributed by atoms with Crippen LogP contribution in [0.25, 0.3) is 11.4 Å². The Hall–Kier alpha value is -1.53. The first-order valence-electron chi connectivity index (χ1n) is 6.02. The highest BCUT2D eigenvalue weighted by Gasteiger charge is 2.17. The smallest absolute Gasteiger partial charge is 0.162 e. The molecule has 19 heavy (non-hydrogen) atoms. The van der Waals surface area contributed by atoms with E-state index in [-0.39, 0.29) is 0 Å². The summed E-state index contributed by atoms with van der Waals surface area (Å²) in [6, 6.07) is 5.83. The average Bonchev–Trinajstić information content (AvgIpc) is 2.74. The first-order valence-corrected chi connectivity index (χ1v) is 6.81. The Labute approximate surface area is 119 Å². The van der Waals surface area contributed by atoms with Gasteiger partial charge in [0, 0.05) is 19.2 Å². The number of fused-ring (bicyclic) bond motifs is 1. The van der Waals surface area contributed by atoms with E-state index >= 15 is 0 Å². The topological polar surface area (TPSA) is 62.3 Å². The fourth-order valence-corrected chi connectivity index (χ4v) is 2.52. The maximum absolute atomic E-state index is 5.67. The molecule has 0 saturated carbocycles. The molecule has 0 aliphatic carbocycles. The van der Waals surface area contributed by atoms with E-state index in [0.29, 0.717) is 19.8 Å². The molecule has 0 amide bonds. The van der Waals surface area contributed by atoms with Crippen molar-refractivity contribution in [3.63, 3.8) is 0 Å². The van der Waals surface area contributed by atoms with Crippen molar-refractivity contribution in [3.8, 4) is 22.9 Å². The summed E-state index contributed by atoms with van der Waals surface area (Å²) in [5.41, 5.74) is 7.49. The lowest BCUT2D eigenvalue weighted by molar-refractivity contribution is 0.171. The van der Waals surface area contributed by atoms with Gasteiger partial charge in [-0.25, -0.2) is 4.98 Å². The molecular formula is C13H14BrN3O2. The van der Waals surface area contributed by atoms with Crippen LogP contribution in [-0.4, -0.2) is 22.8 Å². The van der Waals surface area contributed by atoms with Gasteiger partial charge in [-0.3, -0.25) is 0 Å². The van der Waals surface area contributed by atoms with Crippen LogP contribution in [0.2, 0.25) is 0 Å². The van der Waals surface area contributed by atoms with E-state index in [9.17, 15) is 0 Å². The van der Waals surface area contributed by atoms with E-state index in [1.165, 1.54) is 0 Å². The van der Waals surface area contributed by atoms with Crippen LogP contribution < -0.4 is 15.2 Å². The zero-order chi connectivity index (χ0) is 13.4. The zero-order valence-corrected chi connectivity index (χ0v) is 12.1. The van der Waals surface area contributed by atoms with E-state index in [1.807, 2.05) is 29.8 Å². The third-order valence-corrected chi connectivity index (χ3v) is 4.07. The van der Waals surface area contributed by atoms with Gasteiger partial charge in [-0.15, -0.1) is 0 Å². The molecule has 2 aromatic rings. The van der Waals surface area contributed by atoms with Crippen molar-refractivity contribution in [1.29, 1.82) is 0 Å². The van der Waals surface area contributed by atoms with Gasteiger partial charge in [-0.2, -0.15) is 0 Å². The van der Waals surface area contributed by atoms with Crippen LogP contribution in [0.3, 0.4) is 0 Å². The fourth-order valence-electron chi connectivity index (χ4n) is 2.11. The summed E-state index contributed by atoms with van der Waals surface area (Å²) >= 11 is 3.50. The number of imidazole rings is 1. The van der Waals surface area contributed by atoms with Crippen molar-refractivity contribution < 1.29 is 9.47 Å². The number of aromatic nitrogens is 2. The number of nitrogens with two attached hydrogens (primary N) is 1. The summed E-state index contributed by atoms with van der Waals surface area (Å²) in [4.78, 5) is 4.54. The molecule has 0 bridgehead atoms. The van der Waals surface area contributed by atoms with Gasteiger partial charge < -0.3 is 19.8 Å². The van der Waals surface area contributed by atoms with Crippen LogP contribution in [0.5, 0.6) is 11.5 Å². The second-order valence-electron chi connectivity index (χ2n) is 4.29. The van der Waals surface area contributed by atoms with Crippen molar-refractivity contribution >= 4 is 15.9 Å². The Morgan fingerprint density at radius 1 is 1.32 bits per heavy atom. The predicted octanol–water partition coefficient (Wildman–Crippen LogP) is 2.08. The van der Waals surface area contributed by atoms with Gasteiger partial charge in [0.1, 0.15) is 23.6 Å². The fraction of sp³-hybridized carbons (Fsp3) is 0.308. The van der Waals surface area contributed by atoms with Crippen LogP contribution >= 0.6 is 15.9 Å². The maximum Gasteiger partial charge on any atom is 0.162 e. The molecular weight excluding hydrogens is 310 g/mol. The molecule has 0 unspecified atom stereocenters. The van der Waals surface area contributed by atoms with Crippen molar-refractivity contribution in [3.05, 3.63) is 28.5 Å². The summed E-state index contributed by atoms with van der Waals surface area (Å²) in [6.45, 7) is 1.57. The monoisotopic (exact) mass is 323 g/mol. The Morgan fingerprint density at radius 3 is 2.74 bits per heavy atom. The number of ether oxygens (including phenoxy) is 2. The van der Waals surface area contributed by atoms with E-state index in [1.54, 1.807) is 0 Å². The van der Waals surface area contributed by atoms with Gasteiger partial charge in [0.05, 0.1) is 5.69 Å². The molecule has 0 spiro atoms. The summed E-state index contributed by atoms with van der Waals surface area (Å²) in [7, 11) is 1.95. The van der Waals surface area contributed by atoms with Crippen LogP contribution in [0.15, 0.2) is 22.8 Å². The molecule has 6 heteroatoms. The summed E-state index contributed by atoms with van der Waals surface area (Å²) < 4.78 is 14.0. The molecule has 2 heterocycles. The molecule has 0 radical (unpaired) electrons. The molecule has 100 valence electrons. The molecule has 0 saturated heterocycles. The van der Waals surface area contributed by atoms with Crippen molar-refractivity contribution in [2.75, 3.05) is 13.2 Å². The summed E-state index contributed by atoms with van der Waals surface area (Å²) in [5, 5.41) is 0. The SMILES string of the molecule is Cn1c(-c2ccc3c(c2)OCCO3)nc(CN)c1Br. The Morgan fingerprint density at radius 2 is 2.05 bits per heavy atom. The highest BCUT2D eigenvalue weighted by atomic mass is 79.9. The lowest BCUT2D eigenvalue weighted by Gasteiger charge is -2.18. The van der Waals surface area contributed by atoms with Gasteiger partial charge in [0.15, 0.2) is 11.5 Å². The van der Waals surface area contributed by atoms with E-state index in [4.69, 9.17) is 15.2 Å². The molecule has 1 aliphatic heterocycles. The maximum atomic E-state index is 5.67. The highest BCUT2D eigenvalue weighted by molar-refractivity contribution is 9.10. The Balaban J connectivity index is 2.07. The number of nitrogens with zero attached hydrogens (tertiary/aromatic N) is 2. The van der Waals surface area contributed by atoms with E-state index < -0.39 is 0 Å². The molecule has 0 fully saturated rings. The lowest BCUT2D eigenvalue weighted by Crippen LogP contribution is -2.15. The van der Waals surface area contributed by atoms with E-state index in [2.05, 4.69) is 20.9 Å². The standard InChI is InChI=1S/C13H14BrN3O2/c1-17-12(14)9(7-15)16-13(17)8-2-3-10-11(6-8)19-5-4-18-10/h2-3,6H,4-5,7,15H2,1H3.